The maximum atomic E-state index is 12.5. The number of phenols is 1. The van der Waals surface area contributed by atoms with Crippen LogP contribution in [0.4, 0.5) is 0 Å². The van der Waals surface area contributed by atoms with Crippen LogP contribution in [0.1, 0.15) is 6.92 Å². The first-order valence-corrected chi connectivity index (χ1v) is 7.72. The Hall–Kier alpha value is -1.11. The van der Waals surface area contributed by atoms with Gasteiger partial charge in [0, 0.05) is 19.1 Å². The van der Waals surface area contributed by atoms with Gasteiger partial charge in [-0.05, 0) is 38.2 Å². The van der Waals surface area contributed by atoms with E-state index in [0.717, 1.165) is 0 Å². The second-order valence-electron chi connectivity index (χ2n) is 5.33. The van der Waals surface area contributed by atoms with E-state index in [2.05, 4.69) is 11.8 Å². The lowest BCUT2D eigenvalue weighted by Crippen LogP contribution is -2.35. The van der Waals surface area contributed by atoms with E-state index in [4.69, 9.17) is 0 Å². The molecule has 1 aliphatic rings. The van der Waals surface area contributed by atoms with E-state index in [1.165, 1.54) is 22.5 Å². The summed E-state index contributed by atoms with van der Waals surface area (Å²) in [6, 6.07) is 6.05. The summed E-state index contributed by atoms with van der Waals surface area (Å²) in [5, 5.41) is 9.42. The minimum absolute atomic E-state index is 0.0301. The second kappa shape index (κ2) is 5.11. The predicted octanol–water partition coefficient (Wildman–Crippen LogP) is 0.963. The zero-order valence-electron chi connectivity index (χ0n) is 11.4. The average Bonchev–Trinajstić information content (AvgIpc) is 2.72. The highest BCUT2D eigenvalue weighted by Crippen LogP contribution is 2.27. The number of rotatable bonds is 3. The topological polar surface area (TPSA) is 60.9 Å². The Balaban J connectivity index is 2.27. The lowest BCUT2D eigenvalue weighted by molar-refractivity contribution is 0.263. The molecule has 0 amide bonds. The third kappa shape index (κ3) is 2.75. The van der Waals surface area contributed by atoms with E-state index < -0.39 is 10.0 Å². The Labute approximate surface area is 114 Å². The van der Waals surface area contributed by atoms with Gasteiger partial charge < -0.3 is 10.0 Å². The van der Waals surface area contributed by atoms with Crippen LogP contribution in [-0.2, 0) is 10.0 Å². The van der Waals surface area contributed by atoms with Crippen LogP contribution in [0.25, 0.3) is 0 Å². The maximum Gasteiger partial charge on any atom is 0.243 e. The molecule has 6 heteroatoms. The number of likely N-dealkylation sites (N-methyl/N-ethyl adjacent to an activating group) is 1. The molecule has 0 radical (unpaired) electrons. The molecule has 1 aromatic rings. The van der Waals surface area contributed by atoms with Gasteiger partial charge in [0.15, 0.2) is 0 Å². The van der Waals surface area contributed by atoms with E-state index in [1.54, 1.807) is 6.07 Å². The SMILES string of the molecule is CC1CN(S(=O)(=O)c2cccc(O)c2)CC1N(C)C. The minimum atomic E-state index is -3.51. The summed E-state index contributed by atoms with van der Waals surface area (Å²) >= 11 is 0. The predicted molar refractivity (Wildman–Crippen MR) is 73.5 cm³/mol. The number of hydrogen-bond acceptors (Lipinski definition) is 4. The molecule has 1 aromatic carbocycles. The second-order valence-corrected chi connectivity index (χ2v) is 7.27. The molecule has 19 heavy (non-hydrogen) atoms. The summed E-state index contributed by atoms with van der Waals surface area (Å²) < 4.78 is 26.5. The van der Waals surface area contributed by atoms with Gasteiger partial charge in [0.05, 0.1) is 4.90 Å². The highest BCUT2D eigenvalue weighted by atomic mass is 32.2. The Morgan fingerprint density at radius 3 is 2.53 bits per heavy atom. The normalized spacial score (nSPS) is 25.1. The van der Waals surface area contributed by atoms with E-state index in [1.807, 2.05) is 14.1 Å². The molecular formula is C13H20N2O3S. The summed E-state index contributed by atoms with van der Waals surface area (Å²) in [5.41, 5.74) is 0. The molecule has 106 valence electrons. The van der Waals surface area contributed by atoms with Gasteiger partial charge in [-0.3, -0.25) is 0 Å². The molecule has 2 atom stereocenters. The molecule has 5 nitrogen and oxygen atoms in total. The van der Waals surface area contributed by atoms with E-state index >= 15 is 0 Å². The van der Waals surface area contributed by atoms with Crippen LogP contribution in [0.5, 0.6) is 5.75 Å². The first kappa shape index (κ1) is 14.3. The molecule has 1 N–H and O–H groups in total. The Morgan fingerprint density at radius 2 is 2.00 bits per heavy atom. The van der Waals surface area contributed by atoms with Crippen LogP contribution in [0, 0.1) is 5.92 Å². The monoisotopic (exact) mass is 284 g/mol. The van der Waals surface area contributed by atoms with Crippen molar-refractivity contribution in [2.24, 2.45) is 5.92 Å². The number of sulfonamides is 1. The smallest absolute Gasteiger partial charge is 0.243 e. The standard InChI is InChI=1S/C13H20N2O3S/c1-10-8-15(9-13(10)14(2)3)19(17,18)12-6-4-5-11(16)7-12/h4-7,10,13,16H,8-9H2,1-3H3. The summed E-state index contributed by atoms with van der Waals surface area (Å²) in [5.74, 6) is 0.263. The maximum absolute atomic E-state index is 12.5. The van der Waals surface area contributed by atoms with Crippen molar-refractivity contribution in [2.75, 3.05) is 27.2 Å². The number of phenolic OH excluding ortho intramolecular Hbond substituents is 1. The van der Waals surface area contributed by atoms with Crippen molar-refractivity contribution < 1.29 is 13.5 Å². The van der Waals surface area contributed by atoms with Gasteiger partial charge in [-0.15, -0.1) is 0 Å². The summed E-state index contributed by atoms with van der Waals surface area (Å²) in [6.45, 7) is 3.07. The molecule has 1 heterocycles. The number of hydrogen-bond donors (Lipinski definition) is 1. The number of aromatic hydroxyl groups is 1. The van der Waals surface area contributed by atoms with E-state index in [9.17, 15) is 13.5 Å². The first-order chi connectivity index (χ1) is 8.82. The van der Waals surface area contributed by atoms with Gasteiger partial charge in [0.1, 0.15) is 5.75 Å². The van der Waals surface area contributed by atoms with Crippen LogP contribution in [0.15, 0.2) is 29.2 Å². The van der Waals surface area contributed by atoms with E-state index in [0.29, 0.717) is 19.0 Å². The fourth-order valence-electron chi connectivity index (χ4n) is 2.57. The first-order valence-electron chi connectivity index (χ1n) is 6.28. The number of benzene rings is 1. The molecule has 0 aliphatic carbocycles. The van der Waals surface area contributed by atoms with Gasteiger partial charge in [0.25, 0.3) is 0 Å². The summed E-state index contributed by atoms with van der Waals surface area (Å²) in [7, 11) is 0.414. The van der Waals surface area contributed by atoms with Crippen molar-refractivity contribution in [3.8, 4) is 5.75 Å². The fraction of sp³-hybridized carbons (Fsp3) is 0.538. The fourth-order valence-corrected chi connectivity index (χ4v) is 4.17. The van der Waals surface area contributed by atoms with Gasteiger partial charge in [-0.2, -0.15) is 4.31 Å². The van der Waals surface area contributed by atoms with Crippen molar-refractivity contribution in [3.05, 3.63) is 24.3 Å². The highest BCUT2D eigenvalue weighted by Gasteiger charge is 2.38. The summed E-state index contributed by atoms with van der Waals surface area (Å²) in [6.07, 6.45) is 0. The zero-order chi connectivity index (χ0) is 14.2. The molecule has 2 rings (SSSR count). The molecule has 1 saturated heterocycles. The lowest BCUT2D eigenvalue weighted by atomic mass is 10.1. The van der Waals surface area contributed by atoms with Crippen LogP contribution in [0.3, 0.4) is 0 Å². The molecular weight excluding hydrogens is 264 g/mol. The third-order valence-electron chi connectivity index (χ3n) is 3.66. The van der Waals surface area contributed by atoms with Crippen molar-refractivity contribution in [3.63, 3.8) is 0 Å². The van der Waals surface area contributed by atoms with Crippen LogP contribution >= 0.6 is 0 Å². The van der Waals surface area contributed by atoms with Crippen LogP contribution < -0.4 is 0 Å². The van der Waals surface area contributed by atoms with Crippen molar-refractivity contribution in [2.45, 2.75) is 17.9 Å². The van der Waals surface area contributed by atoms with Crippen molar-refractivity contribution in [1.29, 1.82) is 0 Å². The Morgan fingerprint density at radius 1 is 1.32 bits per heavy atom. The molecule has 0 saturated carbocycles. The zero-order valence-corrected chi connectivity index (χ0v) is 12.3. The van der Waals surface area contributed by atoms with Crippen LogP contribution in [-0.4, -0.2) is 56.0 Å². The van der Waals surface area contributed by atoms with Gasteiger partial charge in [-0.25, -0.2) is 8.42 Å². The van der Waals surface area contributed by atoms with Gasteiger partial charge in [0.2, 0.25) is 10.0 Å². The highest BCUT2D eigenvalue weighted by molar-refractivity contribution is 7.89. The molecule has 1 aliphatic heterocycles. The molecule has 0 spiro atoms. The van der Waals surface area contributed by atoms with E-state index in [-0.39, 0.29) is 16.7 Å². The minimum Gasteiger partial charge on any atom is -0.508 e. The third-order valence-corrected chi connectivity index (χ3v) is 5.49. The number of nitrogens with zero attached hydrogens (tertiary/aromatic N) is 2. The molecule has 0 bridgehead atoms. The molecule has 2 unspecified atom stereocenters. The van der Waals surface area contributed by atoms with Crippen LogP contribution in [0.2, 0.25) is 0 Å². The molecule has 0 aromatic heterocycles. The van der Waals surface area contributed by atoms with Gasteiger partial charge >= 0.3 is 0 Å². The van der Waals surface area contributed by atoms with Gasteiger partial charge in [-0.1, -0.05) is 13.0 Å². The largest absolute Gasteiger partial charge is 0.508 e. The lowest BCUT2D eigenvalue weighted by Gasteiger charge is -2.22. The quantitative estimate of drug-likeness (QED) is 0.898. The molecule has 1 fully saturated rings. The average molecular weight is 284 g/mol. The van der Waals surface area contributed by atoms with Crippen molar-refractivity contribution in [1.82, 2.24) is 9.21 Å². The summed E-state index contributed by atoms with van der Waals surface area (Å²) in [4.78, 5) is 2.21. The van der Waals surface area contributed by atoms with Crippen molar-refractivity contribution >= 4 is 10.0 Å². The Kier molecular flexibility index (Phi) is 3.85. The Bertz CT molecular complexity index is 557.